The molecule has 288 valence electrons. The maximum absolute atomic E-state index is 12.5. The van der Waals surface area contributed by atoms with Gasteiger partial charge in [-0.1, -0.05) is 134 Å². The van der Waals surface area contributed by atoms with Gasteiger partial charge in [0.15, 0.2) is 6.10 Å². The molecule has 3 unspecified atom stereocenters. The molecular weight excluding hydrogens is 647 g/mol. The molecule has 0 rings (SSSR count). The molecule has 0 aromatic heterocycles. The number of esters is 2. The van der Waals surface area contributed by atoms with Crippen LogP contribution in [0.25, 0.3) is 0 Å². The lowest BCUT2D eigenvalue weighted by Crippen LogP contribution is -2.29. The molecule has 0 aliphatic heterocycles. The molecule has 0 heterocycles. The molecule has 0 amide bonds. The molecule has 0 aromatic rings. The average molecular weight is 719 g/mol. The number of carbonyl (C=O) groups excluding carboxylic acids is 2. The summed E-state index contributed by atoms with van der Waals surface area (Å²) in [4.78, 5) is 34.3. The fourth-order valence-corrected chi connectivity index (χ4v) is 5.87. The zero-order valence-electron chi connectivity index (χ0n) is 30.9. The van der Waals surface area contributed by atoms with Crippen molar-refractivity contribution in [3.63, 3.8) is 0 Å². The van der Waals surface area contributed by atoms with Crippen LogP contribution in [-0.4, -0.2) is 65.7 Å². The second kappa shape index (κ2) is 34.9. The predicted molar refractivity (Wildman–Crippen MR) is 196 cm³/mol. The van der Waals surface area contributed by atoms with E-state index in [1.54, 1.807) is 0 Å². The monoisotopic (exact) mass is 718 g/mol. The molecule has 0 bridgehead atoms. The van der Waals surface area contributed by atoms with Crippen molar-refractivity contribution in [3.05, 3.63) is 24.3 Å². The highest BCUT2D eigenvalue weighted by Gasteiger charge is 2.27. The van der Waals surface area contributed by atoms with Gasteiger partial charge in [-0.25, -0.2) is 4.57 Å². The maximum atomic E-state index is 12.5. The molecular formula is C38H71O10P. The molecule has 10 nitrogen and oxygen atoms in total. The molecule has 49 heavy (non-hydrogen) atoms. The third kappa shape index (κ3) is 34.7. The zero-order valence-corrected chi connectivity index (χ0v) is 31.8. The molecule has 0 aliphatic carbocycles. The van der Waals surface area contributed by atoms with E-state index in [0.29, 0.717) is 12.8 Å². The highest BCUT2D eigenvalue weighted by atomic mass is 31.2. The largest absolute Gasteiger partial charge is 0.472 e. The lowest BCUT2D eigenvalue weighted by molar-refractivity contribution is -0.161. The summed E-state index contributed by atoms with van der Waals surface area (Å²) in [6.07, 6.45) is 32.5. The van der Waals surface area contributed by atoms with Gasteiger partial charge in [-0.05, 0) is 44.9 Å². The Bertz CT molecular complexity index is 879. The second-order valence-corrected chi connectivity index (χ2v) is 14.4. The second-order valence-electron chi connectivity index (χ2n) is 13.0. The van der Waals surface area contributed by atoms with Crippen molar-refractivity contribution in [3.8, 4) is 0 Å². The number of phosphoric acid groups is 1. The van der Waals surface area contributed by atoms with E-state index in [0.717, 1.165) is 38.5 Å². The Hall–Kier alpha value is -1.55. The minimum Gasteiger partial charge on any atom is -0.462 e. The van der Waals surface area contributed by atoms with Crippen molar-refractivity contribution in [2.45, 2.75) is 180 Å². The Labute approximate surface area is 298 Å². The van der Waals surface area contributed by atoms with Crippen LogP contribution in [0.2, 0.25) is 0 Å². The van der Waals surface area contributed by atoms with Crippen LogP contribution in [0, 0.1) is 0 Å². The van der Waals surface area contributed by atoms with Crippen molar-refractivity contribution >= 4 is 19.8 Å². The van der Waals surface area contributed by atoms with Gasteiger partial charge in [0.1, 0.15) is 12.7 Å². The predicted octanol–water partition coefficient (Wildman–Crippen LogP) is 9.44. The minimum absolute atomic E-state index is 0.183. The van der Waals surface area contributed by atoms with Gasteiger partial charge in [0.2, 0.25) is 0 Å². The summed E-state index contributed by atoms with van der Waals surface area (Å²) in [5.41, 5.74) is 0. The van der Waals surface area contributed by atoms with Crippen LogP contribution in [0.1, 0.15) is 168 Å². The number of unbranched alkanes of at least 4 members (excludes halogenated alkanes) is 18. The average Bonchev–Trinajstić information content (AvgIpc) is 3.08. The summed E-state index contributed by atoms with van der Waals surface area (Å²) < 4.78 is 32.2. The van der Waals surface area contributed by atoms with Crippen LogP contribution < -0.4 is 0 Å². The fraction of sp³-hybridized carbons (Fsp3) is 0.842. The number of phosphoric ester groups is 1. The molecule has 11 heteroatoms. The first-order chi connectivity index (χ1) is 23.7. The van der Waals surface area contributed by atoms with Gasteiger partial charge in [-0.2, -0.15) is 0 Å². The van der Waals surface area contributed by atoms with E-state index in [4.69, 9.17) is 19.1 Å². The van der Waals surface area contributed by atoms with Gasteiger partial charge in [0.25, 0.3) is 0 Å². The Balaban J connectivity index is 4.00. The van der Waals surface area contributed by atoms with Gasteiger partial charge in [0.05, 0.1) is 19.8 Å². The molecule has 3 atom stereocenters. The van der Waals surface area contributed by atoms with E-state index in [-0.39, 0.29) is 19.4 Å². The number of carbonyl (C=O) groups is 2. The molecule has 0 radical (unpaired) electrons. The first-order valence-electron chi connectivity index (χ1n) is 19.3. The highest BCUT2D eigenvalue weighted by molar-refractivity contribution is 7.47. The molecule has 0 aliphatic rings. The van der Waals surface area contributed by atoms with Crippen LogP contribution in [0.15, 0.2) is 24.3 Å². The first-order valence-corrected chi connectivity index (χ1v) is 20.8. The van der Waals surface area contributed by atoms with E-state index in [2.05, 4.69) is 35.8 Å². The number of hydrogen-bond donors (Lipinski definition) is 3. The Morgan fingerprint density at radius 3 is 1.61 bits per heavy atom. The van der Waals surface area contributed by atoms with E-state index in [1.165, 1.54) is 89.9 Å². The standard InChI is InChI=1S/C38H71O10P/c1-3-5-7-8-9-10-11-12-13-14-15-16-17-18-19-20-21-22-23-24-25-26-28-30-38(42)48-36(33-45-37(41)29-27-6-4-2)34-47-49(43,44)46-32-35(40)31-39/h11-12,14-15,35-36,39-40H,3-10,13,16-34H2,1-2H3,(H,43,44)/b12-11-,15-14-. The van der Waals surface area contributed by atoms with Crippen LogP contribution >= 0.6 is 7.82 Å². The van der Waals surface area contributed by atoms with Crippen LogP contribution in [0.3, 0.4) is 0 Å². The summed E-state index contributed by atoms with van der Waals surface area (Å²) in [5.74, 6) is -0.954. The van der Waals surface area contributed by atoms with Gasteiger partial charge in [-0.3, -0.25) is 18.6 Å². The third-order valence-corrected chi connectivity index (χ3v) is 9.06. The lowest BCUT2D eigenvalue weighted by atomic mass is 10.0. The molecule has 3 N–H and O–H groups in total. The van der Waals surface area contributed by atoms with Crippen LogP contribution in [0.4, 0.5) is 0 Å². The summed E-state index contributed by atoms with van der Waals surface area (Å²) in [7, 11) is -4.59. The van der Waals surface area contributed by atoms with Crippen molar-refractivity contribution in [1.29, 1.82) is 0 Å². The van der Waals surface area contributed by atoms with Gasteiger partial charge in [-0.15, -0.1) is 0 Å². The molecule has 0 aromatic carbocycles. The summed E-state index contributed by atoms with van der Waals surface area (Å²) in [6, 6.07) is 0. The Morgan fingerprint density at radius 1 is 0.612 bits per heavy atom. The van der Waals surface area contributed by atoms with Gasteiger partial charge < -0.3 is 24.6 Å². The number of allylic oxidation sites excluding steroid dienone is 4. The van der Waals surface area contributed by atoms with Gasteiger partial charge >= 0.3 is 19.8 Å². The SMILES string of the molecule is CCCCCCC/C=C\C/C=C\CCCCCCCCCCCCCC(=O)OC(COC(=O)CCCCC)COP(=O)(O)OCC(O)CO. The van der Waals surface area contributed by atoms with E-state index >= 15 is 0 Å². The molecule has 0 saturated heterocycles. The normalized spacial score (nSPS) is 14.3. The van der Waals surface area contributed by atoms with Crippen molar-refractivity contribution in [2.24, 2.45) is 0 Å². The van der Waals surface area contributed by atoms with Crippen molar-refractivity contribution in [1.82, 2.24) is 0 Å². The summed E-state index contributed by atoms with van der Waals surface area (Å²) in [6.45, 7) is 2.16. The van der Waals surface area contributed by atoms with Crippen LogP contribution in [-0.2, 0) is 32.7 Å². The zero-order chi connectivity index (χ0) is 36.3. The quantitative estimate of drug-likeness (QED) is 0.0248. The topological polar surface area (TPSA) is 149 Å². The number of rotatable bonds is 36. The number of ether oxygens (including phenoxy) is 2. The van der Waals surface area contributed by atoms with Crippen molar-refractivity contribution in [2.75, 3.05) is 26.4 Å². The highest BCUT2D eigenvalue weighted by Crippen LogP contribution is 2.43. The summed E-state index contributed by atoms with van der Waals surface area (Å²) >= 11 is 0. The van der Waals surface area contributed by atoms with Crippen molar-refractivity contribution < 1.29 is 47.8 Å². The number of aliphatic hydroxyl groups excluding tert-OH is 2. The van der Waals surface area contributed by atoms with E-state index < -0.39 is 51.8 Å². The van der Waals surface area contributed by atoms with Gasteiger partial charge in [0, 0.05) is 12.8 Å². The Morgan fingerprint density at radius 2 is 1.06 bits per heavy atom. The lowest BCUT2D eigenvalue weighted by Gasteiger charge is -2.20. The first kappa shape index (κ1) is 47.4. The summed E-state index contributed by atoms with van der Waals surface area (Å²) in [5, 5.41) is 18.2. The molecule has 0 saturated carbocycles. The molecule has 0 spiro atoms. The third-order valence-electron chi connectivity index (χ3n) is 8.11. The molecule has 0 fully saturated rings. The van der Waals surface area contributed by atoms with E-state index in [1.807, 2.05) is 6.92 Å². The minimum atomic E-state index is -4.59. The smallest absolute Gasteiger partial charge is 0.462 e. The van der Waals surface area contributed by atoms with Crippen LogP contribution in [0.5, 0.6) is 0 Å². The maximum Gasteiger partial charge on any atom is 0.472 e. The fourth-order valence-electron chi connectivity index (χ4n) is 5.08. The number of hydrogen-bond acceptors (Lipinski definition) is 9. The number of aliphatic hydroxyl groups is 2. The van der Waals surface area contributed by atoms with E-state index in [9.17, 15) is 24.2 Å². The Kier molecular flexibility index (Phi) is 33.8.